The summed E-state index contributed by atoms with van der Waals surface area (Å²) in [7, 11) is -3.52. The molecule has 0 aliphatic carbocycles. The van der Waals surface area contributed by atoms with Gasteiger partial charge in [-0.05, 0) is 54.8 Å². The van der Waals surface area contributed by atoms with Crippen molar-refractivity contribution in [2.45, 2.75) is 31.1 Å². The molecule has 2 aromatic carbocycles. The maximum Gasteiger partial charge on any atom is 0.222 e. The Morgan fingerprint density at radius 1 is 1.09 bits per heavy atom. The summed E-state index contributed by atoms with van der Waals surface area (Å²) < 4.78 is 38.9. The zero-order valence-electron chi connectivity index (χ0n) is 18.0. The molecule has 0 bridgehead atoms. The smallest absolute Gasteiger partial charge is 0.222 e. The summed E-state index contributed by atoms with van der Waals surface area (Å²) in [5, 5.41) is 0.978. The largest absolute Gasteiger partial charge is 0.345 e. The minimum Gasteiger partial charge on any atom is -0.345 e. The predicted octanol–water partition coefficient (Wildman–Crippen LogP) is 3.90. The minimum atomic E-state index is -3.52. The highest BCUT2D eigenvalue weighted by Gasteiger charge is 2.24. The van der Waals surface area contributed by atoms with E-state index in [9.17, 15) is 17.6 Å². The van der Waals surface area contributed by atoms with Gasteiger partial charge in [0, 0.05) is 32.6 Å². The quantitative estimate of drug-likeness (QED) is 0.485. The van der Waals surface area contributed by atoms with Crippen LogP contribution in [0.3, 0.4) is 0 Å². The number of rotatable bonds is 7. The second kappa shape index (κ2) is 9.54. The van der Waals surface area contributed by atoms with Crippen molar-refractivity contribution in [3.63, 3.8) is 0 Å². The van der Waals surface area contributed by atoms with Crippen molar-refractivity contribution >= 4 is 42.4 Å². The van der Waals surface area contributed by atoms with Crippen molar-refractivity contribution in [3.8, 4) is 0 Å². The highest BCUT2D eigenvalue weighted by atomic mass is 32.2. The minimum absolute atomic E-state index is 0.0316. The number of carbonyl (C=O) groups excluding carboxylic acids is 1. The van der Waals surface area contributed by atoms with Crippen LogP contribution < -0.4 is 4.90 Å². The number of amides is 1. The van der Waals surface area contributed by atoms with Gasteiger partial charge in [0.25, 0.3) is 0 Å². The van der Waals surface area contributed by atoms with Gasteiger partial charge in [0.15, 0.2) is 15.0 Å². The summed E-state index contributed by atoms with van der Waals surface area (Å²) in [6.45, 7) is 4.75. The Hall–Kier alpha value is -2.52. The maximum atomic E-state index is 13.0. The molecule has 0 N–H and O–H groups in total. The molecular weight excluding hydrogens is 449 g/mol. The standard InChI is InChI=1S/C23H26FN3O3S2/c1-2-17-5-10-20-21(16-17)31-23(25-20)27-13-11-26(12-14-27)22(28)4-3-15-32(29,30)19-8-6-18(24)7-9-19/h5-10,16H,2-4,11-15H2,1H3. The van der Waals surface area contributed by atoms with Gasteiger partial charge in [0.1, 0.15) is 5.82 Å². The van der Waals surface area contributed by atoms with E-state index in [1.807, 2.05) is 0 Å². The van der Waals surface area contributed by atoms with Gasteiger partial charge in [-0.3, -0.25) is 4.79 Å². The van der Waals surface area contributed by atoms with Crippen LogP contribution in [-0.2, 0) is 21.1 Å². The van der Waals surface area contributed by atoms with Crippen LogP contribution in [0.25, 0.3) is 10.2 Å². The number of sulfone groups is 1. The van der Waals surface area contributed by atoms with Crippen LogP contribution >= 0.6 is 11.3 Å². The number of hydrogen-bond donors (Lipinski definition) is 0. The number of anilines is 1. The van der Waals surface area contributed by atoms with Gasteiger partial charge in [-0.1, -0.05) is 24.3 Å². The third-order valence-electron chi connectivity index (χ3n) is 5.73. The second-order valence-electron chi connectivity index (χ2n) is 7.90. The van der Waals surface area contributed by atoms with Crippen molar-refractivity contribution in [2.75, 3.05) is 36.8 Å². The van der Waals surface area contributed by atoms with Crippen LogP contribution in [0.2, 0.25) is 0 Å². The van der Waals surface area contributed by atoms with Gasteiger partial charge >= 0.3 is 0 Å². The molecule has 170 valence electrons. The Kier molecular flexibility index (Phi) is 6.76. The monoisotopic (exact) mass is 475 g/mol. The van der Waals surface area contributed by atoms with Gasteiger partial charge in [-0.15, -0.1) is 0 Å². The molecule has 1 aliphatic heterocycles. The fourth-order valence-electron chi connectivity index (χ4n) is 3.79. The van der Waals surface area contributed by atoms with Gasteiger partial charge in [-0.25, -0.2) is 17.8 Å². The second-order valence-corrected chi connectivity index (χ2v) is 11.0. The van der Waals surface area contributed by atoms with Gasteiger partial charge in [0.05, 0.1) is 20.9 Å². The number of hydrogen-bond acceptors (Lipinski definition) is 6. The van der Waals surface area contributed by atoms with Gasteiger partial charge in [-0.2, -0.15) is 0 Å². The maximum absolute atomic E-state index is 13.0. The number of piperazine rings is 1. The van der Waals surface area contributed by atoms with Crippen molar-refractivity contribution in [3.05, 3.63) is 53.8 Å². The highest BCUT2D eigenvalue weighted by Crippen LogP contribution is 2.30. The summed E-state index contributed by atoms with van der Waals surface area (Å²) in [5.74, 6) is -0.638. The highest BCUT2D eigenvalue weighted by molar-refractivity contribution is 7.91. The fraction of sp³-hybridized carbons (Fsp3) is 0.391. The molecule has 1 aromatic heterocycles. The molecule has 1 fully saturated rings. The third-order valence-corrected chi connectivity index (χ3v) is 8.62. The summed E-state index contributed by atoms with van der Waals surface area (Å²) in [6.07, 6.45) is 1.42. The Morgan fingerprint density at radius 3 is 2.50 bits per heavy atom. The first-order chi connectivity index (χ1) is 15.4. The topological polar surface area (TPSA) is 70.6 Å². The van der Waals surface area contributed by atoms with E-state index in [4.69, 9.17) is 4.98 Å². The lowest BCUT2D eigenvalue weighted by atomic mass is 10.2. The van der Waals surface area contributed by atoms with Crippen molar-refractivity contribution in [1.29, 1.82) is 0 Å². The first kappa shape index (κ1) is 22.7. The molecule has 1 amide bonds. The van der Waals surface area contributed by atoms with Crippen LogP contribution in [0.1, 0.15) is 25.3 Å². The number of nitrogens with zero attached hydrogens (tertiary/aromatic N) is 3. The zero-order valence-corrected chi connectivity index (χ0v) is 19.6. The number of aromatic nitrogens is 1. The van der Waals surface area contributed by atoms with Crippen LogP contribution in [0.5, 0.6) is 0 Å². The summed E-state index contributed by atoms with van der Waals surface area (Å²) >= 11 is 1.68. The summed E-state index contributed by atoms with van der Waals surface area (Å²) in [4.78, 5) is 21.4. The van der Waals surface area contributed by atoms with E-state index in [-0.39, 0.29) is 29.4 Å². The normalized spacial score (nSPS) is 14.8. The Morgan fingerprint density at radius 2 is 1.81 bits per heavy atom. The molecule has 9 heteroatoms. The molecule has 6 nitrogen and oxygen atoms in total. The number of carbonyl (C=O) groups is 1. The van der Waals surface area contributed by atoms with E-state index in [2.05, 4.69) is 30.0 Å². The fourth-order valence-corrected chi connectivity index (χ4v) is 6.18. The number of halogens is 1. The number of benzene rings is 2. The molecule has 0 saturated carbocycles. The molecule has 2 heterocycles. The van der Waals surface area contributed by atoms with Crippen molar-refractivity contribution in [2.24, 2.45) is 0 Å². The first-order valence-corrected chi connectivity index (χ1v) is 13.2. The lowest BCUT2D eigenvalue weighted by molar-refractivity contribution is -0.131. The molecule has 0 spiro atoms. The molecule has 4 rings (SSSR count). The lowest BCUT2D eigenvalue weighted by Gasteiger charge is -2.34. The van der Waals surface area contributed by atoms with E-state index < -0.39 is 15.7 Å². The van der Waals surface area contributed by atoms with Crippen LogP contribution in [0.4, 0.5) is 9.52 Å². The molecule has 1 saturated heterocycles. The van der Waals surface area contributed by atoms with Crippen LogP contribution in [-0.4, -0.2) is 56.1 Å². The van der Waals surface area contributed by atoms with E-state index in [1.165, 1.54) is 22.4 Å². The van der Waals surface area contributed by atoms with Gasteiger partial charge < -0.3 is 9.80 Å². The third kappa shape index (κ3) is 5.10. The van der Waals surface area contributed by atoms with E-state index in [1.54, 1.807) is 16.2 Å². The number of thiazole rings is 1. The molecule has 32 heavy (non-hydrogen) atoms. The van der Waals surface area contributed by atoms with Crippen molar-refractivity contribution < 1.29 is 17.6 Å². The lowest BCUT2D eigenvalue weighted by Crippen LogP contribution is -2.48. The summed E-state index contributed by atoms with van der Waals surface area (Å²) in [5.41, 5.74) is 2.30. The average Bonchev–Trinajstić information content (AvgIpc) is 3.22. The molecule has 0 unspecified atom stereocenters. The summed E-state index contributed by atoms with van der Waals surface area (Å²) in [6, 6.07) is 11.1. The van der Waals surface area contributed by atoms with Gasteiger partial charge in [0.2, 0.25) is 5.91 Å². The Balaban J connectivity index is 1.27. The molecular formula is C23H26FN3O3S2. The zero-order chi connectivity index (χ0) is 22.7. The molecule has 0 atom stereocenters. The van der Waals surface area contributed by atoms with Crippen LogP contribution in [0, 0.1) is 5.82 Å². The number of aryl methyl sites for hydroxylation is 1. The molecule has 0 radical (unpaired) electrons. The molecule has 1 aliphatic rings. The van der Waals surface area contributed by atoms with E-state index >= 15 is 0 Å². The van der Waals surface area contributed by atoms with E-state index in [0.29, 0.717) is 26.2 Å². The molecule has 3 aromatic rings. The SMILES string of the molecule is CCc1ccc2nc(N3CCN(C(=O)CCCS(=O)(=O)c4ccc(F)cc4)CC3)sc2c1. The predicted molar refractivity (Wildman–Crippen MR) is 125 cm³/mol. The Labute approximate surface area is 191 Å². The Bertz CT molecular complexity index is 1200. The van der Waals surface area contributed by atoms with E-state index in [0.717, 1.165) is 29.2 Å². The van der Waals surface area contributed by atoms with Crippen LogP contribution in [0.15, 0.2) is 47.4 Å². The number of fused-ring (bicyclic) bond motifs is 1. The average molecular weight is 476 g/mol. The van der Waals surface area contributed by atoms with Crippen molar-refractivity contribution in [1.82, 2.24) is 9.88 Å². The first-order valence-electron chi connectivity index (χ1n) is 10.8.